The predicted octanol–water partition coefficient (Wildman–Crippen LogP) is 3.59. The lowest BCUT2D eigenvalue weighted by molar-refractivity contribution is 0.712. The van der Waals surface area contributed by atoms with Gasteiger partial charge in [0.1, 0.15) is 0 Å². The van der Waals surface area contributed by atoms with Crippen LogP contribution in [-0.2, 0) is 12.8 Å². The molecule has 2 heteroatoms. The van der Waals surface area contributed by atoms with Gasteiger partial charge in [-0.25, -0.2) is 0 Å². The molecule has 1 atom stereocenters. The fourth-order valence-electron chi connectivity index (χ4n) is 1.38. The average molecular weight is 212 g/mol. The molecule has 0 aliphatic rings. The van der Waals surface area contributed by atoms with Crippen molar-refractivity contribution >= 4 is 11.6 Å². The van der Waals surface area contributed by atoms with Crippen LogP contribution in [0.3, 0.4) is 0 Å². The molecule has 0 radical (unpaired) electrons. The van der Waals surface area contributed by atoms with Crippen LogP contribution in [-0.4, -0.2) is 10.4 Å². The van der Waals surface area contributed by atoms with Crippen LogP contribution in [0.4, 0.5) is 0 Å². The van der Waals surface area contributed by atoms with Crippen molar-refractivity contribution in [1.29, 1.82) is 0 Å². The Morgan fingerprint density at radius 2 is 2.21 bits per heavy atom. The molecule has 0 aliphatic carbocycles. The smallest absolute Gasteiger partial charge is 0.0403 e. The molecule has 0 spiro atoms. The van der Waals surface area contributed by atoms with E-state index in [1.54, 1.807) is 0 Å². The average Bonchev–Trinajstić information content (AvgIpc) is 2.18. The van der Waals surface area contributed by atoms with Crippen molar-refractivity contribution in [2.45, 2.75) is 44.9 Å². The van der Waals surface area contributed by atoms with Crippen molar-refractivity contribution in [3.8, 4) is 0 Å². The Labute approximate surface area is 91.5 Å². The van der Waals surface area contributed by atoms with Gasteiger partial charge in [0, 0.05) is 17.3 Å². The van der Waals surface area contributed by atoms with Crippen LogP contribution in [0.25, 0.3) is 0 Å². The molecule has 0 saturated heterocycles. The highest BCUT2D eigenvalue weighted by atomic mass is 35.5. The number of hydrogen-bond acceptors (Lipinski definition) is 1. The fraction of sp³-hybridized carbons (Fsp3) is 0.583. The van der Waals surface area contributed by atoms with E-state index in [2.05, 4.69) is 24.0 Å². The Bertz CT molecular complexity index is 254. The molecule has 0 bridgehead atoms. The lowest BCUT2D eigenvalue weighted by atomic mass is 10.1. The van der Waals surface area contributed by atoms with Gasteiger partial charge in [-0.1, -0.05) is 13.0 Å². The van der Waals surface area contributed by atoms with Gasteiger partial charge in [-0.15, -0.1) is 11.6 Å². The number of aromatic nitrogens is 1. The van der Waals surface area contributed by atoms with Crippen LogP contribution in [0.15, 0.2) is 18.3 Å². The zero-order valence-corrected chi connectivity index (χ0v) is 9.72. The Morgan fingerprint density at radius 3 is 2.71 bits per heavy atom. The number of aryl methyl sites for hydroxylation is 2. The van der Waals surface area contributed by atoms with E-state index in [4.69, 9.17) is 11.6 Å². The molecule has 14 heavy (non-hydrogen) atoms. The van der Waals surface area contributed by atoms with Crippen LogP contribution in [0.1, 0.15) is 37.9 Å². The highest BCUT2D eigenvalue weighted by molar-refractivity contribution is 6.20. The lowest BCUT2D eigenvalue weighted by Crippen LogP contribution is -1.95. The molecule has 1 heterocycles. The zero-order valence-electron chi connectivity index (χ0n) is 8.96. The number of pyridine rings is 1. The van der Waals surface area contributed by atoms with Gasteiger partial charge >= 0.3 is 0 Å². The maximum atomic E-state index is 5.87. The van der Waals surface area contributed by atoms with Crippen LogP contribution >= 0.6 is 11.6 Å². The van der Waals surface area contributed by atoms with E-state index in [1.165, 1.54) is 11.3 Å². The molecule has 1 aromatic heterocycles. The second-order valence-corrected chi connectivity index (χ2v) is 4.43. The standard InChI is InChI=1S/C12H18ClN/c1-3-11-7-8-12(14-9-11)6-4-5-10(2)13/h7-10H,3-6H2,1-2H3. The Morgan fingerprint density at radius 1 is 1.43 bits per heavy atom. The van der Waals surface area contributed by atoms with Gasteiger partial charge in [0.15, 0.2) is 0 Å². The van der Waals surface area contributed by atoms with Crippen LogP contribution < -0.4 is 0 Å². The molecule has 1 aromatic rings. The summed E-state index contributed by atoms with van der Waals surface area (Å²) >= 11 is 5.87. The van der Waals surface area contributed by atoms with E-state index in [0.29, 0.717) is 0 Å². The van der Waals surface area contributed by atoms with Crippen molar-refractivity contribution < 1.29 is 0 Å². The fourth-order valence-corrected chi connectivity index (χ4v) is 1.53. The Kier molecular flexibility index (Phi) is 4.95. The van der Waals surface area contributed by atoms with Gasteiger partial charge in [-0.2, -0.15) is 0 Å². The van der Waals surface area contributed by atoms with Crippen molar-refractivity contribution in [3.63, 3.8) is 0 Å². The number of nitrogens with zero attached hydrogens (tertiary/aromatic N) is 1. The van der Waals surface area contributed by atoms with E-state index in [1.807, 2.05) is 13.1 Å². The van der Waals surface area contributed by atoms with Gasteiger partial charge in [0.2, 0.25) is 0 Å². The highest BCUT2D eigenvalue weighted by Crippen LogP contribution is 2.08. The van der Waals surface area contributed by atoms with Gasteiger partial charge in [0.05, 0.1) is 0 Å². The second-order valence-electron chi connectivity index (χ2n) is 3.68. The summed E-state index contributed by atoms with van der Waals surface area (Å²) in [5, 5.41) is 0.282. The van der Waals surface area contributed by atoms with E-state index in [9.17, 15) is 0 Å². The van der Waals surface area contributed by atoms with E-state index in [-0.39, 0.29) is 5.38 Å². The first-order valence-electron chi connectivity index (χ1n) is 5.30. The molecule has 1 nitrogen and oxygen atoms in total. The summed E-state index contributed by atoms with van der Waals surface area (Å²) in [6.45, 7) is 4.18. The van der Waals surface area contributed by atoms with Crippen LogP contribution in [0.5, 0.6) is 0 Å². The number of hydrogen-bond donors (Lipinski definition) is 0. The predicted molar refractivity (Wildman–Crippen MR) is 61.9 cm³/mol. The minimum absolute atomic E-state index is 0.282. The SMILES string of the molecule is CCc1ccc(CCCC(C)Cl)nc1. The van der Waals surface area contributed by atoms with Gasteiger partial charge in [0.25, 0.3) is 0 Å². The summed E-state index contributed by atoms with van der Waals surface area (Å²) in [7, 11) is 0. The van der Waals surface area contributed by atoms with Gasteiger partial charge in [-0.05, 0) is 44.2 Å². The number of halogens is 1. The molecule has 0 aliphatic heterocycles. The third-order valence-electron chi connectivity index (χ3n) is 2.33. The Hall–Kier alpha value is -0.560. The van der Waals surface area contributed by atoms with E-state index < -0.39 is 0 Å². The summed E-state index contributed by atoms with van der Waals surface area (Å²) in [4.78, 5) is 4.40. The third kappa shape index (κ3) is 4.10. The molecule has 0 N–H and O–H groups in total. The molecule has 0 amide bonds. The molecular weight excluding hydrogens is 194 g/mol. The molecule has 1 unspecified atom stereocenters. The van der Waals surface area contributed by atoms with Crippen molar-refractivity contribution in [1.82, 2.24) is 4.98 Å². The summed E-state index contributed by atoms with van der Waals surface area (Å²) in [6, 6.07) is 4.28. The third-order valence-corrected chi connectivity index (χ3v) is 2.55. The first-order chi connectivity index (χ1) is 6.72. The Balaban J connectivity index is 2.36. The second kappa shape index (κ2) is 6.02. The van der Waals surface area contributed by atoms with Crippen molar-refractivity contribution in [2.75, 3.05) is 0 Å². The first kappa shape index (κ1) is 11.5. The topological polar surface area (TPSA) is 12.9 Å². The number of rotatable bonds is 5. The van der Waals surface area contributed by atoms with E-state index >= 15 is 0 Å². The molecule has 0 aromatic carbocycles. The van der Waals surface area contributed by atoms with Gasteiger partial charge < -0.3 is 0 Å². The maximum Gasteiger partial charge on any atom is 0.0403 e. The quantitative estimate of drug-likeness (QED) is 0.679. The monoisotopic (exact) mass is 211 g/mol. The zero-order chi connectivity index (χ0) is 10.4. The van der Waals surface area contributed by atoms with Crippen molar-refractivity contribution in [3.05, 3.63) is 29.6 Å². The molecule has 0 saturated carbocycles. The van der Waals surface area contributed by atoms with Crippen LogP contribution in [0.2, 0.25) is 0 Å². The van der Waals surface area contributed by atoms with E-state index in [0.717, 1.165) is 25.7 Å². The maximum absolute atomic E-state index is 5.87. The first-order valence-corrected chi connectivity index (χ1v) is 5.74. The van der Waals surface area contributed by atoms with Crippen molar-refractivity contribution in [2.24, 2.45) is 0 Å². The summed E-state index contributed by atoms with van der Waals surface area (Å²) in [6.07, 6.45) is 6.27. The summed E-state index contributed by atoms with van der Waals surface area (Å²) in [5.41, 5.74) is 2.49. The summed E-state index contributed by atoms with van der Waals surface area (Å²) < 4.78 is 0. The molecule has 1 rings (SSSR count). The number of alkyl halides is 1. The molecular formula is C12H18ClN. The normalized spacial score (nSPS) is 12.8. The van der Waals surface area contributed by atoms with Gasteiger partial charge in [-0.3, -0.25) is 4.98 Å². The summed E-state index contributed by atoms with van der Waals surface area (Å²) in [5.74, 6) is 0. The minimum Gasteiger partial charge on any atom is -0.261 e. The van der Waals surface area contributed by atoms with Crippen LogP contribution in [0, 0.1) is 0 Å². The highest BCUT2D eigenvalue weighted by Gasteiger charge is 1.98. The molecule has 0 fully saturated rings. The largest absolute Gasteiger partial charge is 0.261 e. The lowest BCUT2D eigenvalue weighted by Gasteiger charge is -2.03. The molecule has 78 valence electrons. The minimum atomic E-state index is 0.282.